The van der Waals surface area contributed by atoms with E-state index in [0.29, 0.717) is 29.8 Å². The maximum atomic E-state index is 12.6. The molecule has 3 aliphatic rings. The Morgan fingerprint density at radius 3 is 3.03 bits per heavy atom. The zero-order valence-electron chi connectivity index (χ0n) is 17.5. The van der Waals surface area contributed by atoms with Crippen LogP contribution >= 0.6 is 0 Å². The summed E-state index contributed by atoms with van der Waals surface area (Å²) < 4.78 is 11.7. The molecular formula is C23H28N4O3. The molecule has 3 fully saturated rings. The van der Waals surface area contributed by atoms with Crippen molar-refractivity contribution in [2.24, 2.45) is 11.8 Å². The topological polar surface area (TPSA) is 76.6 Å². The predicted molar refractivity (Wildman–Crippen MR) is 111 cm³/mol. The first-order valence-corrected chi connectivity index (χ1v) is 10.7. The molecule has 1 N–H and O–H groups in total. The summed E-state index contributed by atoms with van der Waals surface area (Å²) in [5.74, 6) is 1.40. The monoisotopic (exact) mass is 408 g/mol. The number of amides is 1. The van der Waals surface area contributed by atoms with Crippen LogP contribution in [0.2, 0.25) is 0 Å². The first kappa shape index (κ1) is 19.5. The molecule has 5 rings (SSSR count). The minimum Gasteiger partial charge on any atom is -0.481 e. The van der Waals surface area contributed by atoms with E-state index in [4.69, 9.17) is 9.47 Å². The van der Waals surface area contributed by atoms with E-state index in [2.05, 4.69) is 26.3 Å². The molecule has 2 bridgehead atoms. The lowest BCUT2D eigenvalue weighted by Crippen LogP contribution is -2.41. The van der Waals surface area contributed by atoms with Gasteiger partial charge in [-0.1, -0.05) is 6.07 Å². The van der Waals surface area contributed by atoms with Gasteiger partial charge in [-0.05, 0) is 37.0 Å². The number of methoxy groups -OCH3 is 1. The van der Waals surface area contributed by atoms with E-state index in [1.165, 1.54) is 5.56 Å². The fourth-order valence-electron chi connectivity index (χ4n) is 5.56. The van der Waals surface area contributed by atoms with Crippen LogP contribution in [0.4, 0.5) is 0 Å². The summed E-state index contributed by atoms with van der Waals surface area (Å²) in [6, 6.07) is 5.86. The Kier molecular flexibility index (Phi) is 4.95. The lowest BCUT2D eigenvalue weighted by Gasteiger charge is -2.29. The van der Waals surface area contributed by atoms with Crippen LogP contribution in [-0.4, -0.2) is 59.2 Å². The maximum Gasteiger partial charge on any atom is 0.252 e. The van der Waals surface area contributed by atoms with Crippen LogP contribution in [0.5, 0.6) is 5.88 Å². The highest BCUT2D eigenvalue weighted by Gasteiger charge is 2.62. The van der Waals surface area contributed by atoms with E-state index < -0.39 is 0 Å². The quantitative estimate of drug-likeness (QED) is 0.790. The SMILES string of the molecule is COc1ccc(CN2C[C@@H]3[C@H](CNC(=O)c4cncc(C)c4)[C@H]4CC[C@]3(C2)O4)cn1. The highest BCUT2D eigenvalue weighted by molar-refractivity contribution is 5.94. The summed E-state index contributed by atoms with van der Waals surface area (Å²) in [5, 5.41) is 3.14. The van der Waals surface area contributed by atoms with E-state index in [9.17, 15) is 4.79 Å². The van der Waals surface area contributed by atoms with Gasteiger partial charge in [0, 0.05) is 62.7 Å². The number of likely N-dealkylation sites (tertiary alicyclic amines) is 1. The average Bonchev–Trinajstić information content (AvgIpc) is 3.40. The van der Waals surface area contributed by atoms with Crippen molar-refractivity contribution in [3.8, 4) is 5.88 Å². The van der Waals surface area contributed by atoms with Gasteiger partial charge in [-0.3, -0.25) is 14.7 Å². The first-order chi connectivity index (χ1) is 14.6. The minimum atomic E-state index is -0.0535. The Labute approximate surface area is 176 Å². The van der Waals surface area contributed by atoms with E-state index in [1.807, 2.05) is 25.3 Å². The average molecular weight is 409 g/mol. The third-order valence-corrected chi connectivity index (χ3v) is 6.90. The molecule has 30 heavy (non-hydrogen) atoms. The van der Waals surface area contributed by atoms with Crippen LogP contribution < -0.4 is 10.1 Å². The second-order valence-electron chi connectivity index (χ2n) is 8.87. The number of pyridine rings is 2. The molecular weight excluding hydrogens is 380 g/mol. The van der Waals surface area contributed by atoms with Gasteiger partial charge in [0.25, 0.3) is 5.91 Å². The van der Waals surface area contributed by atoms with E-state index >= 15 is 0 Å². The van der Waals surface area contributed by atoms with E-state index in [0.717, 1.165) is 38.0 Å². The van der Waals surface area contributed by atoms with Gasteiger partial charge >= 0.3 is 0 Å². The summed E-state index contributed by atoms with van der Waals surface area (Å²) >= 11 is 0. The second-order valence-corrected chi connectivity index (χ2v) is 8.87. The fourth-order valence-corrected chi connectivity index (χ4v) is 5.56. The van der Waals surface area contributed by atoms with Crippen LogP contribution in [0.15, 0.2) is 36.8 Å². The standard InChI is InChI=1S/C23H28N4O3/c1-15-7-17(10-24-8-15)22(28)26-11-18-19-13-27(14-23(19)6-5-20(18)30-23)12-16-3-4-21(29-2)25-9-16/h3-4,7-10,18-20H,5-6,11-14H2,1-2H3,(H,26,28)/t18-,19+,20+,23+/m0/s1. The third-order valence-electron chi connectivity index (χ3n) is 6.90. The molecule has 0 radical (unpaired) electrons. The predicted octanol–water partition coefficient (Wildman–Crippen LogP) is 2.20. The Hall–Kier alpha value is -2.51. The number of aryl methyl sites for hydroxylation is 1. The molecule has 0 aromatic carbocycles. The van der Waals surface area contributed by atoms with Crippen LogP contribution in [0.3, 0.4) is 0 Å². The second kappa shape index (κ2) is 7.63. The Bertz CT molecular complexity index is 934. The number of hydrogen-bond donors (Lipinski definition) is 1. The zero-order chi connectivity index (χ0) is 20.7. The van der Waals surface area contributed by atoms with Gasteiger partial charge in [-0.2, -0.15) is 0 Å². The Balaban J connectivity index is 1.23. The van der Waals surface area contributed by atoms with Crippen LogP contribution in [-0.2, 0) is 11.3 Å². The van der Waals surface area contributed by atoms with Gasteiger partial charge in [0.2, 0.25) is 5.88 Å². The molecule has 0 saturated carbocycles. The van der Waals surface area contributed by atoms with Crippen LogP contribution in [0, 0.1) is 18.8 Å². The number of rotatable bonds is 6. The van der Waals surface area contributed by atoms with Crippen molar-refractivity contribution in [2.45, 2.75) is 38.0 Å². The number of nitrogens with one attached hydrogen (secondary N) is 1. The molecule has 5 heterocycles. The van der Waals surface area contributed by atoms with Crippen molar-refractivity contribution in [3.63, 3.8) is 0 Å². The summed E-state index contributed by atoms with van der Waals surface area (Å²) in [5.41, 5.74) is 2.74. The Morgan fingerprint density at radius 2 is 2.27 bits per heavy atom. The number of carbonyl (C=O) groups excluding carboxylic acids is 1. The van der Waals surface area contributed by atoms with E-state index in [-0.39, 0.29) is 17.6 Å². The third kappa shape index (κ3) is 3.46. The lowest BCUT2D eigenvalue weighted by molar-refractivity contribution is 0.00211. The van der Waals surface area contributed by atoms with Crippen molar-refractivity contribution in [2.75, 3.05) is 26.7 Å². The van der Waals surface area contributed by atoms with Gasteiger partial charge in [0.15, 0.2) is 0 Å². The molecule has 0 unspecified atom stereocenters. The molecule has 7 nitrogen and oxygen atoms in total. The van der Waals surface area contributed by atoms with Gasteiger partial charge in [0.05, 0.1) is 24.4 Å². The van der Waals surface area contributed by atoms with Gasteiger partial charge in [-0.15, -0.1) is 0 Å². The largest absolute Gasteiger partial charge is 0.481 e. The summed E-state index contributed by atoms with van der Waals surface area (Å²) in [7, 11) is 1.63. The molecule has 0 aliphatic carbocycles. The molecule has 158 valence electrons. The zero-order valence-corrected chi connectivity index (χ0v) is 17.5. The number of hydrogen-bond acceptors (Lipinski definition) is 6. The molecule has 1 spiro atoms. The van der Waals surface area contributed by atoms with Gasteiger partial charge in [-0.25, -0.2) is 4.98 Å². The fraction of sp³-hybridized carbons (Fsp3) is 0.522. The highest BCUT2D eigenvalue weighted by atomic mass is 16.5. The van der Waals surface area contributed by atoms with Gasteiger partial charge < -0.3 is 14.8 Å². The normalized spacial score (nSPS) is 29.7. The van der Waals surface area contributed by atoms with Gasteiger partial charge in [0.1, 0.15) is 0 Å². The summed E-state index contributed by atoms with van der Waals surface area (Å²) in [6.07, 6.45) is 7.73. The number of fused-ring (bicyclic) bond motifs is 1. The molecule has 1 amide bonds. The molecule has 2 aromatic rings. The highest BCUT2D eigenvalue weighted by Crippen LogP contribution is 2.54. The van der Waals surface area contributed by atoms with Crippen molar-refractivity contribution in [3.05, 3.63) is 53.5 Å². The summed E-state index contributed by atoms with van der Waals surface area (Å²) in [4.78, 5) is 23.5. The Morgan fingerprint density at radius 1 is 1.37 bits per heavy atom. The molecule has 3 saturated heterocycles. The number of aromatic nitrogens is 2. The van der Waals surface area contributed by atoms with Crippen LogP contribution in [0.25, 0.3) is 0 Å². The first-order valence-electron chi connectivity index (χ1n) is 10.7. The van der Waals surface area contributed by atoms with Crippen molar-refractivity contribution in [1.82, 2.24) is 20.2 Å². The van der Waals surface area contributed by atoms with Crippen molar-refractivity contribution in [1.29, 1.82) is 0 Å². The number of carbonyl (C=O) groups is 1. The summed E-state index contributed by atoms with van der Waals surface area (Å²) in [6.45, 7) is 5.41. The van der Waals surface area contributed by atoms with Crippen molar-refractivity contribution >= 4 is 5.91 Å². The van der Waals surface area contributed by atoms with Crippen molar-refractivity contribution < 1.29 is 14.3 Å². The number of ether oxygens (including phenoxy) is 2. The molecule has 7 heteroatoms. The van der Waals surface area contributed by atoms with E-state index in [1.54, 1.807) is 19.5 Å². The molecule has 4 atom stereocenters. The molecule has 2 aromatic heterocycles. The molecule has 3 aliphatic heterocycles. The number of nitrogens with zero attached hydrogens (tertiary/aromatic N) is 3. The minimum absolute atomic E-state index is 0.0507. The van der Waals surface area contributed by atoms with Crippen LogP contribution in [0.1, 0.15) is 34.3 Å². The maximum absolute atomic E-state index is 12.6. The smallest absolute Gasteiger partial charge is 0.252 e. The lowest BCUT2D eigenvalue weighted by atomic mass is 9.73.